The lowest BCUT2D eigenvalue weighted by Crippen LogP contribution is -2.20. The average molecular weight is 539 g/mol. The molecule has 39 heavy (non-hydrogen) atoms. The van der Waals surface area contributed by atoms with E-state index >= 15 is 0 Å². The molecule has 1 N–H and O–H groups in total. The van der Waals surface area contributed by atoms with Gasteiger partial charge in [-0.2, -0.15) is 0 Å². The SMILES string of the molecule is COc1ccc(-c2cc(-c3ccc(Nc4ncnc5cc(Cl)ccc45)cc3)nc(N3CCCC3)n2)cc1OC. The van der Waals surface area contributed by atoms with Crippen LogP contribution < -0.4 is 19.7 Å². The third kappa shape index (κ3) is 5.15. The molecular weight excluding hydrogens is 512 g/mol. The van der Waals surface area contributed by atoms with E-state index < -0.39 is 0 Å². The van der Waals surface area contributed by atoms with Crippen LogP contribution in [-0.2, 0) is 0 Å². The number of methoxy groups -OCH3 is 2. The molecule has 1 aliphatic rings. The summed E-state index contributed by atoms with van der Waals surface area (Å²) < 4.78 is 11.0. The zero-order valence-electron chi connectivity index (χ0n) is 21.7. The van der Waals surface area contributed by atoms with Crippen molar-refractivity contribution < 1.29 is 9.47 Å². The molecule has 3 heterocycles. The Morgan fingerprint density at radius 2 is 1.49 bits per heavy atom. The average Bonchev–Trinajstić information content (AvgIpc) is 3.52. The van der Waals surface area contributed by atoms with Gasteiger partial charge in [-0.1, -0.05) is 23.7 Å². The lowest BCUT2D eigenvalue weighted by Gasteiger charge is -2.18. The third-order valence-corrected chi connectivity index (χ3v) is 7.06. The predicted octanol–water partition coefficient (Wildman–Crippen LogP) is 6.77. The van der Waals surface area contributed by atoms with E-state index in [-0.39, 0.29) is 0 Å². The second-order valence-corrected chi connectivity index (χ2v) is 9.72. The summed E-state index contributed by atoms with van der Waals surface area (Å²) in [6, 6.07) is 21.6. The standard InChI is InChI=1S/C30H27ClN6O2/c1-38-27-12-7-20(15-28(27)39-2)25-17-24(35-30(36-25)37-13-3-4-14-37)19-5-9-22(10-6-19)34-29-23-11-8-21(31)16-26(23)32-18-33-29/h5-12,15-18H,3-4,13-14H2,1-2H3,(H,32,33,34). The van der Waals surface area contributed by atoms with Crippen molar-refractivity contribution in [3.8, 4) is 34.0 Å². The molecule has 9 heteroatoms. The van der Waals surface area contributed by atoms with E-state index in [9.17, 15) is 0 Å². The Labute approximate surface area is 231 Å². The van der Waals surface area contributed by atoms with Gasteiger partial charge in [-0.05, 0) is 67.4 Å². The third-order valence-electron chi connectivity index (χ3n) is 6.82. The quantitative estimate of drug-likeness (QED) is 0.243. The number of halogens is 1. The van der Waals surface area contributed by atoms with Crippen LogP contribution in [0.1, 0.15) is 12.8 Å². The van der Waals surface area contributed by atoms with Crippen LogP contribution >= 0.6 is 11.6 Å². The van der Waals surface area contributed by atoms with Gasteiger partial charge in [0.2, 0.25) is 5.95 Å². The first-order chi connectivity index (χ1) is 19.1. The van der Waals surface area contributed by atoms with Crippen molar-refractivity contribution >= 4 is 40.0 Å². The summed E-state index contributed by atoms with van der Waals surface area (Å²) in [5.41, 5.74) is 5.30. The second-order valence-electron chi connectivity index (χ2n) is 9.29. The molecule has 1 saturated heterocycles. The lowest BCUT2D eigenvalue weighted by atomic mass is 10.1. The fourth-order valence-corrected chi connectivity index (χ4v) is 4.94. The zero-order valence-corrected chi connectivity index (χ0v) is 22.4. The number of hydrogen-bond donors (Lipinski definition) is 1. The Morgan fingerprint density at radius 3 is 2.23 bits per heavy atom. The molecule has 0 bridgehead atoms. The maximum absolute atomic E-state index is 6.13. The van der Waals surface area contributed by atoms with E-state index in [4.69, 9.17) is 31.0 Å². The molecule has 5 aromatic rings. The van der Waals surface area contributed by atoms with Gasteiger partial charge in [-0.3, -0.25) is 0 Å². The monoisotopic (exact) mass is 538 g/mol. The summed E-state index contributed by atoms with van der Waals surface area (Å²) in [6.45, 7) is 1.91. The van der Waals surface area contributed by atoms with Gasteiger partial charge >= 0.3 is 0 Å². The van der Waals surface area contributed by atoms with Gasteiger partial charge < -0.3 is 19.7 Å². The highest BCUT2D eigenvalue weighted by atomic mass is 35.5. The normalized spacial score (nSPS) is 13.1. The fourth-order valence-electron chi connectivity index (χ4n) is 4.78. The molecule has 6 rings (SSSR count). The number of aromatic nitrogens is 4. The Balaban J connectivity index is 1.34. The molecule has 0 saturated carbocycles. The largest absolute Gasteiger partial charge is 0.493 e. The van der Waals surface area contributed by atoms with E-state index in [2.05, 4.69) is 32.3 Å². The van der Waals surface area contributed by atoms with Gasteiger partial charge in [0.25, 0.3) is 0 Å². The molecule has 196 valence electrons. The summed E-state index contributed by atoms with van der Waals surface area (Å²) in [7, 11) is 3.27. The number of fused-ring (bicyclic) bond motifs is 1. The van der Waals surface area contributed by atoms with Crippen LogP contribution in [0.2, 0.25) is 5.02 Å². The second kappa shape index (κ2) is 10.7. The van der Waals surface area contributed by atoms with Crippen LogP contribution in [0.25, 0.3) is 33.4 Å². The van der Waals surface area contributed by atoms with Crippen LogP contribution in [0.3, 0.4) is 0 Å². The number of nitrogens with one attached hydrogen (secondary N) is 1. The van der Waals surface area contributed by atoms with E-state index in [1.54, 1.807) is 14.2 Å². The molecule has 1 aliphatic heterocycles. The van der Waals surface area contributed by atoms with Crippen molar-refractivity contribution in [3.63, 3.8) is 0 Å². The van der Waals surface area contributed by atoms with E-state index in [0.29, 0.717) is 16.5 Å². The van der Waals surface area contributed by atoms with Gasteiger partial charge in [0.15, 0.2) is 11.5 Å². The summed E-state index contributed by atoms with van der Waals surface area (Å²) in [4.78, 5) is 20.9. The number of rotatable bonds is 7. The van der Waals surface area contributed by atoms with Crippen molar-refractivity contribution in [2.45, 2.75) is 12.8 Å². The minimum atomic E-state index is 0.641. The molecule has 8 nitrogen and oxygen atoms in total. The van der Waals surface area contributed by atoms with Crippen LogP contribution in [0.15, 0.2) is 73.1 Å². The minimum absolute atomic E-state index is 0.641. The van der Waals surface area contributed by atoms with Crippen molar-refractivity contribution in [1.82, 2.24) is 19.9 Å². The maximum Gasteiger partial charge on any atom is 0.226 e. The highest BCUT2D eigenvalue weighted by Gasteiger charge is 2.18. The summed E-state index contributed by atoms with van der Waals surface area (Å²) >= 11 is 6.13. The summed E-state index contributed by atoms with van der Waals surface area (Å²) in [6.07, 6.45) is 3.82. The van der Waals surface area contributed by atoms with Crippen molar-refractivity contribution in [1.29, 1.82) is 0 Å². The molecule has 0 aliphatic carbocycles. The predicted molar refractivity (Wildman–Crippen MR) is 155 cm³/mol. The summed E-state index contributed by atoms with van der Waals surface area (Å²) in [5.74, 6) is 2.80. The Kier molecular flexibility index (Phi) is 6.85. The van der Waals surface area contributed by atoms with Gasteiger partial charge in [-0.25, -0.2) is 19.9 Å². The molecule has 0 unspecified atom stereocenters. The van der Waals surface area contributed by atoms with Gasteiger partial charge in [-0.15, -0.1) is 0 Å². The molecule has 3 aromatic carbocycles. The first-order valence-corrected chi connectivity index (χ1v) is 13.1. The first-order valence-electron chi connectivity index (χ1n) is 12.8. The topological polar surface area (TPSA) is 85.3 Å². The summed E-state index contributed by atoms with van der Waals surface area (Å²) in [5, 5.41) is 4.94. The fraction of sp³-hybridized carbons (Fsp3) is 0.200. The molecular formula is C30H27ClN6O2. The molecule has 2 aromatic heterocycles. The van der Waals surface area contributed by atoms with Crippen LogP contribution in [0.5, 0.6) is 11.5 Å². The molecule has 0 spiro atoms. The van der Waals surface area contributed by atoms with Gasteiger partial charge in [0.1, 0.15) is 12.1 Å². The van der Waals surface area contributed by atoms with Crippen LogP contribution in [0.4, 0.5) is 17.5 Å². The van der Waals surface area contributed by atoms with Gasteiger partial charge in [0, 0.05) is 40.3 Å². The Morgan fingerprint density at radius 1 is 0.769 bits per heavy atom. The van der Waals surface area contributed by atoms with E-state index in [0.717, 1.165) is 76.8 Å². The first kappa shape index (κ1) is 24.9. The van der Waals surface area contributed by atoms with Crippen LogP contribution in [0, 0.1) is 0 Å². The van der Waals surface area contributed by atoms with Crippen molar-refractivity contribution in [2.75, 3.05) is 37.5 Å². The zero-order chi connectivity index (χ0) is 26.8. The highest BCUT2D eigenvalue weighted by Crippen LogP contribution is 2.34. The van der Waals surface area contributed by atoms with E-state index in [1.165, 1.54) is 6.33 Å². The van der Waals surface area contributed by atoms with Crippen molar-refractivity contribution in [2.24, 2.45) is 0 Å². The Bertz CT molecular complexity index is 1640. The number of anilines is 3. The lowest BCUT2D eigenvalue weighted by molar-refractivity contribution is 0.355. The molecule has 0 radical (unpaired) electrons. The minimum Gasteiger partial charge on any atom is -0.493 e. The molecule has 0 atom stereocenters. The van der Waals surface area contributed by atoms with Gasteiger partial charge in [0.05, 0.1) is 31.1 Å². The molecule has 0 amide bonds. The van der Waals surface area contributed by atoms with E-state index in [1.807, 2.05) is 54.6 Å². The number of ether oxygens (including phenoxy) is 2. The van der Waals surface area contributed by atoms with Crippen molar-refractivity contribution in [3.05, 3.63) is 78.1 Å². The maximum atomic E-state index is 6.13. The number of nitrogens with zero attached hydrogens (tertiary/aromatic N) is 5. The number of hydrogen-bond acceptors (Lipinski definition) is 8. The number of benzene rings is 3. The highest BCUT2D eigenvalue weighted by molar-refractivity contribution is 6.31. The Hall–Kier alpha value is -4.43. The van der Waals surface area contributed by atoms with Crippen LogP contribution in [-0.4, -0.2) is 47.2 Å². The molecule has 1 fully saturated rings. The smallest absolute Gasteiger partial charge is 0.226 e.